The van der Waals surface area contributed by atoms with E-state index >= 15 is 0 Å². The summed E-state index contributed by atoms with van der Waals surface area (Å²) in [6.45, 7) is 5.84. The first kappa shape index (κ1) is 13.8. The van der Waals surface area contributed by atoms with E-state index in [1.807, 2.05) is 20.8 Å². The van der Waals surface area contributed by atoms with Crippen molar-refractivity contribution in [1.82, 2.24) is 0 Å². The minimum atomic E-state index is -4.87. The number of halogens is 4. The van der Waals surface area contributed by atoms with Gasteiger partial charge in [0.1, 0.15) is 0 Å². The number of alkyl halides is 3. The molecule has 0 saturated heterocycles. The number of ether oxygens (including phenoxy) is 1. The van der Waals surface area contributed by atoms with E-state index in [0.717, 1.165) is 12.1 Å². The molecular weight excluding hydrogens is 236 g/mol. The minimum absolute atomic E-state index is 0.0899. The summed E-state index contributed by atoms with van der Waals surface area (Å²) < 4.78 is 52.7. The summed E-state index contributed by atoms with van der Waals surface area (Å²) in [5.41, 5.74) is 0.519. The molecule has 0 heterocycles. The highest BCUT2D eigenvalue weighted by Crippen LogP contribution is 2.29. The Morgan fingerprint density at radius 1 is 1.12 bits per heavy atom. The van der Waals surface area contributed by atoms with Crippen LogP contribution >= 0.6 is 0 Å². The van der Waals surface area contributed by atoms with Crippen molar-refractivity contribution in [3.63, 3.8) is 0 Å². The maximum absolute atomic E-state index is 13.1. The molecule has 0 aliphatic rings. The van der Waals surface area contributed by atoms with Gasteiger partial charge in [-0.1, -0.05) is 26.8 Å². The standard InChI is InChI=1S/C12H14F4O/c1-11(2,3)7-8-4-5-9(13)10(6-8)17-12(14,15)16/h4-6H,7H2,1-3H3. The number of benzene rings is 1. The highest BCUT2D eigenvalue weighted by Gasteiger charge is 2.32. The molecule has 0 aliphatic heterocycles. The van der Waals surface area contributed by atoms with Crippen LogP contribution in [0.2, 0.25) is 0 Å². The summed E-state index contributed by atoms with van der Waals surface area (Å²) in [4.78, 5) is 0. The fourth-order valence-electron chi connectivity index (χ4n) is 1.47. The summed E-state index contributed by atoms with van der Waals surface area (Å²) in [5.74, 6) is -1.79. The summed E-state index contributed by atoms with van der Waals surface area (Å²) >= 11 is 0. The molecule has 1 aromatic rings. The van der Waals surface area contributed by atoms with Gasteiger partial charge in [0.25, 0.3) is 0 Å². The van der Waals surface area contributed by atoms with Crippen molar-refractivity contribution < 1.29 is 22.3 Å². The van der Waals surface area contributed by atoms with Crippen molar-refractivity contribution in [2.75, 3.05) is 0 Å². The quantitative estimate of drug-likeness (QED) is 0.710. The van der Waals surface area contributed by atoms with Crippen molar-refractivity contribution in [3.05, 3.63) is 29.6 Å². The second-order valence-electron chi connectivity index (χ2n) is 5.05. The van der Waals surface area contributed by atoms with Gasteiger partial charge in [0.15, 0.2) is 11.6 Å². The van der Waals surface area contributed by atoms with E-state index in [2.05, 4.69) is 4.74 Å². The topological polar surface area (TPSA) is 9.23 Å². The molecule has 0 atom stereocenters. The van der Waals surface area contributed by atoms with Gasteiger partial charge in [0.2, 0.25) is 0 Å². The molecule has 1 rings (SSSR count). The first-order valence-corrected chi connectivity index (χ1v) is 5.11. The summed E-state index contributed by atoms with van der Waals surface area (Å²) in [7, 11) is 0. The zero-order chi connectivity index (χ0) is 13.3. The number of hydrogen-bond acceptors (Lipinski definition) is 1. The Morgan fingerprint density at radius 2 is 1.71 bits per heavy atom. The van der Waals surface area contributed by atoms with Crippen molar-refractivity contribution in [2.45, 2.75) is 33.6 Å². The van der Waals surface area contributed by atoms with Gasteiger partial charge in [-0.05, 0) is 29.5 Å². The Bertz CT molecular complexity index is 390. The summed E-state index contributed by atoms with van der Waals surface area (Å²) in [6, 6.07) is 3.54. The average molecular weight is 250 g/mol. The Hall–Kier alpha value is -1.26. The predicted octanol–water partition coefficient (Wildman–Crippen LogP) is 4.31. The van der Waals surface area contributed by atoms with E-state index in [1.165, 1.54) is 6.07 Å². The van der Waals surface area contributed by atoms with Crippen LogP contribution in [-0.4, -0.2) is 6.36 Å². The van der Waals surface area contributed by atoms with E-state index < -0.39 is 17.9 Å². The lowest BCUT2D eigenvalue weighted by Gasteiger charge is -2.19. The lowest BCUT2D eigenvalue weighted by Crippen LogP contribution is -2.18. The molecule has 0 amide bonds. The van der Waals surface area contributed by atoms with Crippen molar-refractivity contribution in [1.29, 1.82) is 0 Å². The molecule has 0 saturated carbocycles. The molecule has 0 fully saturated rings. The van der Waals surface area contributed by atoms with Crippen molar-refractivity contribution in [3.8, 4) is 5.75 Å². The normalized spacial score (nSPS) is 12.6. The molecule has 0 bridgehead atoms. The van der Waals surface area contributed by atoms with Gasteiger partial charge in [-0.2, -0.15) is 0 Å². The SMILES string of the molecule is CC(C)(C)Cc1ccc(F)c(OC(F)(F)F)c1. The summed E-state index contributed by atoms with van der Waals surface area (Å²) in [6.07, 6.45) is -4.33. The van der Waals surface area contributed by atoms with Crippen LogP contribution in [-0.2, 0) is 6.42 Å². The van der Waals surface area contributed by atoms with Crippen LogP contribution in [0.4, 0.5) is 17.6 Å². The van der Waals surface area contributed by atoms with Crippen LogP contribution in [0.3, 0.4) is 0 Å². The van der Waals surface area contributed by atoms with E-state index in [4.69, 9.17) is 0 Å². The lowest BCUT2D eigenvalue weighted by molar-refractivity contribution is -0.275. The monoisotopic (exact) mass is 250 g/mol. The first-order chi connectivity index (χ1) is 7.57. The molecule has 0 aliphatic carbocycles. The Balaban J connectivity index is 2.95. The van der Waals surface area contributed by atoms with Crippen molar-refractivity contribution >= 4 is 0 Å². The van der Waals surface area contributed by atoms with Crippen LogP contribution in [0.25, 0.3) is 0 Å². The van der Waals surface area contributed by atoms with E-state index in [9.17, 15) is 17.6 Å². The zero-order valence-corrected chi connectivity index (χ0v) is 9.86. The van der Waals surface area contributed by atoms with Gasteiger partial charge in [0.05, 0.1) is 0 Å². The molecule has 0 aromatic heterocycles. The third-order valence-corrected chi connectivity index (χ3v) is 1.96. The van der Waals surface area contributed by atoms with E-state index in [1.54, 1.807) is 0 Å². The summed E-state index contributed by atoms with van der Waals surface area (Å²) in [5, 5.41) is 0. The van der Waals surface area contributed by atoms with Crippen LogP contribution in [0.5, 0.6) is 5.75 Å². The Labute approximate surface area is 97.4 Å². The van der Waals surface area contributed by atoms with E-state index in [0.29, 0.717) is 12.0 Å². The minimum Gasteiger partial charge on any atom is -0.403 e. The third-order valence-electron chi connectivity index (χ3n) is 1.96. The molecule has 0 spiro atoms. The maximum atomic E-state index is 13.1. The van der Waals surface area contributed by atoms with Gasteiger partial charge in [0, 0.05) is 0 Å². The van der Waals surface area contributed by atoms with Crippen LogP contribution in [0.15, 0.2) is 18.2 Å². The Kier molecular flexibility index (Phi) is 3.69. The third kappa shape index (κ3) is 5.06. The Morgan fingerprint density at radius 3 is 2.18 bits per heavy atom. The zero-order valence-electron chi connectivity index (χ0n) is 9.86. The van der Waals surface area contributed by atoms with E-state index in [-0.39, 0.29) is 5.41 Å². The van der Waals surface area contributed by atoms with Crippen molar-refractivity contribution in [2.24, 2.45) is 5.41 Å². The second-order valence-corrected chi connectivity index (χ2v) is 5.05. The highest BCUT2D eigenvalue weighted by atomic mass is 19.4. The lowest BCUT2D eigenvalue weighted by atomic mass is 9.88. The number of hydrogen-bond donors (Lipinski definition) is 0. The van der Waals surface area contributed by atoms with Crippen LogP contribution in [0.1, 0.15) is 26.3 Å². The van der Waals surface area contributed by atoms with Crippen LogP contribution < -0.4 is 4.74 Å². The maximum Gasteiger partial charge on any atom is 0.573 e. The molecule has 0 unspecified atom stereocenters. The molecular formula is C12H14F4O. The fraction of sp³-hybridized carbons (Fsp3) is 0.500. The number of rotatable bonds is 2. The molecule has 0 N–H and O–H groups in total. The van der Waals surface area contributed by atoms with Crippen LogP contribution in [0, 0.1) is 11.2 Å². The molecule has 1 nitrogen and oxygen atoms in total. The average Bonchev–Trinajstić information content (AvgIpc) is 2.05. The molecule has 1 aromatic carbocycles. The predicted molar refractivity (Wildman–Crippen MR) is 56.2 cm³/mol. The molecule has 96 valence electrons. The molecule has 0 radical (unpaired) electrons. The largest absolute Gasteiger partial charge is 0.573 e. The van der Waals surface area contributed by atoms with Gasteiger partial charge in [-0.15, -0.1) is 13.2 Å². The smallest absolute Gasteiger partial charge is 0.403 e. The first-order valence-electron chi connectivity index (χ1n) is 5.11. The van der Waals surface area contributed by atoms with Gasteiger partial charge >= 0.3 is 6.36 Å². The fourth-order valence-corrected chi connectivity index (χ4v) is 1.47. The highest BCUT2D eigenvalue weighted by molar-refractivity contribution is 5.31. The van der Waals surface area contributed by atoms with Gasteiger partial charge in [-0.25, -0.2) is 4.39 Å². The second kappa shape index (κ2) is 4.55. The van der Waals surface area contributed by atoms with Gasteiger partial charge < -0.3 is 4.74 Å². The molecule has 17 heavy (non-hydrogen) atoms. The van der Waals surface area contributed by atoms with Gasteiger partial charge in [-0.3, -0.25) is 0 Å². The molecule has 5 heteroatoms.